The van der Waals surface area contributed by atoms with Crippen molar-refractivity contribution in [3.05, 3.63) is 35.7 Å². The van der Waals surface area contributed by atoms with Crippen molar-refractivity contribution in [2.45, 2.75) is 51.5 Å². The number of nitrogens with zero attached hydrogens (tertiary/aromatic N) is 2. The van der Waals surface area contributed by atoms with Crippen LogP contribution in [0, 0.1) is 0 Å². The van der Waals surface area contributed by atoms with Gasteiger partial charge in [0, 0.05) is 23.6 Å². The molecule has 1 heterocycles. The SMILES string of the molecule is CCc1nc(-c2ccc(C(=O)NC3CCCCC3)cc2)no1. The maximum absolute atomic E-state index is 12.3. The second-order valence-corrected chi connectivity index (χ2v) is 5.75. The van der Waals surface area contributed by atoms with E-state index in [0.29, 0.717) is 23.3 Å². The number of aromatic nitrogens is 2. The summed E-state index contributed by atoms with van der Waals surface area (Å²) in [6.45, 7) is 1.97. The first-order valence-corrected chi connectivity index (χ1v) is 8.00. The second-order valence-electron chi connectivity index (χ2n) is 5.75. The van der Waals surface area contributed by atoms with E-state index in [1.54, 1.807) is 0 Å². The Labute approximate surface area is 130 Å². The first-order chi connectivity index (χ1) is 10.8. The van der Waals surface area contributed by atoms with Crippen molar-refractivity contribution in [1.82, 2.24) is 15.5 Å². The lowest BCUT2D eigenvalue weighted by Crippen LogP contribution is -2.36. The van der Waals surface area contributed by atoms with Gasteiger partial charge in [-0.05, 0) is 25.0 Å². The van der Waals surface area contributed by atoms with Crippen molar-refractivity contribution in [1.29, 1.82) is 0 Å². The average Bonchev–Trinajstić information content (AvgIpc) is 3.05. The van der Waals surface area contributed by atoms with Crippen LogP contribution in [0.4, 0.5) is 0 Å². The number of carbonyl (C=O) groups excluding carboxylic acids is 1. The molecule has 0 bridgehead atoms. The zero-order valence-corrected chi connectivity index (χ0v) is 12.8. The van der Waals surface area contributed by atoms with Crippen LogP contribution < -0.4 is 5.32 Å². The number of aryl methyl sites for hydroxylation is 1. The third kappa shape index (κ3) is 3.35. The highest BCUT2D eigenvalue weighted by atomic mass is 16.5. The average molecular weight is 299 g/mol. The molecule has 1 aliphatic carbocycles. The largest absolute Gasteiger partial charge is 0.349 e. The molecule has 2 aromatic rings. The predicted octanol–water partition coefficient (Wildman–Crippen LogP) is 3.36. The van der Waals surface area contributed by atoms with Gasteiger partial charge >= 0.3 is 0 Å². The summed E-state index contributed by atoms with van der Waals surface area (Å²) >= 11 is 0. The van der Waals surface area contributed by atoms with Gasteiger partial charge in [-0.15, -0.1) is 0 Å². The van der Waals surface area contributed by atoms with Gasteiger partial charge in [0.25, 0.3) is 5.91 Å². The molecule has 22 heavy (non-hydrogen) atoms. The van der Waals surface area contributed by atoms with Gasteiger partial charge in [-0.3, -0.25) is 4.79 Å². The fourth-order valence-corrected chi connectivity index (χ4v) is 2.80. The van der Waals surface area contributed by atoms with E-state index >= 15 is 0 Å². The molecule has 0 unspecified atom stereocenters. The van der Waals surface area contributed by atoms with Crippen LogP contribution in [0.15, 0.2) is 28.8 Å². The van der Waals surface area contributed by atoms with Crippen LogP contribution >= 0.6 is 0 Å². The van der Waals surface area contributed by atoms with Gasteiger partial charge in [-0.1, -0.05) is 43.5 Å². The molecule has 1 aromatic carbocycles. The fourth-order valence-electron chi connectivity index (χ4n) is 2.80. The molecule has 5 nitrogen and oxygen atoms in total. The lowest BCUT2D eigenvalue weighted by Gasteiger charge is -2.22. The van der Waals surface area contributed by atoms with Crippen LogP contribution in [0.2, 0.25) is 0 Å². The summed E-state index contributed by atoms with van der Waals surface area (Å²) in [7, 11) is 0. The minimum atomic E-state index is 0.000749. The quantitative estimate of drug-likeness (QED) is 0.940. The number of hydrogen-bond acceptors (Lipinski definition) is 4. The first kappa shape index (κ1) is 14.8. The van der Waals surface area contributed by atoms with Gasteiger partial charge < -0.3 is 9.84 Å². The Balaban J connectivity index is 1.66. The number of hydrogen-bond donors (Lipinski definition) is 1. The van der Waals surface area contributed by atoms with Gasteiger partial charge in [-0.2, -0.15) is 4.98 Å². The monoisotopic (exact) mass is 299 g/mol. The van der Waals surface area contributed by atoms with Gasteiger partial charge in [0.05, 0.1) is 0 Å². The molecular formula is C17H21N3O2. The summed E-state index contributed by atoms with van der Waals surface area (Å²) in [5.74, 6) is 1.19. The van der Waals surface area contributed by atoms with E-state index in [4.69, 9.17) is 4.52 Å². The van der Waals surface area contributed by atoms with E-state index in [1.807, 2.05) is 31.2 Å². The van der Waals surface area contributed by atoms with E-state index in [9.17, 15) is 4.79 Å². The molecule has 1 aliphatic rings. The van der Waals surface area contributed by atoms with Gasteiger partial charge in [0.2, 0.25) is 11.7 Å². The summed E-state index contributed by atoms with van der Waals surface area (Å²) in [5.41, 5.74) is 1.53. The smallest absolute Gasteiger partial charge is 0.251 e. The van der Waals surface area contributed by atoms with E-state index in [0.717, 1.165) is 24.8 Å². The van der Waals surface area contributed by atoms with Crippen molar-refractivity contribution in [2.24, 2.45) is 0 Å². The van der Waals surface area contributed by atoms with Crippen LogP contribution in [0.5, 0.6) is 0 Å². The zero-order valence-electron chi connectivity index (χ0n) is 12.8. The Hall–Kier alpha value is -2.17. The van der Waals surface area contributed by atoms with Crippen LogP contribution in [0.25, 0.3) is 11.4 Å². The van der Waals surface area contributed by atoms with E-state index in [1.165, 1.54) is 19.3 Å². The van der Waals surface area contributed by atoms with Gasteiger partial charge in [0.1, 0.15) is 0 Å². The first-order valence-electron chi connectivity index (χ1n) is 8.00. The number of nitrogens with one attached hydrogen (secondary N) is 1. The Kier molecular flexibility index (Phi) is 4.51. The van der Waals surface area contributed by atoms with Crippen molar-refractivity contribution < 1.29 is 9.32 Å². The maximum Gasteiger partial charge on any atom is 0.251 e. The lowest BCUT2D eigenvalue weighted by molar-refractivity contribution is 0.0927. The summed E-state index contributed by atoms with van der Waals surface area (Å²) in [5, 5.41) is 7.06. The number of rotatable bonds is 4. The number of carbonyl (C=O) groups is 1. The molecule has 116 valence electrons. The standard InChI is InChI=1S/C17H21N3O2/c1-2-15-19-16(20-22-15)12-8-10-13(11-9-12)17(21)18-14-6-4-3-5-7-14/h8-11,14H,2-7H2,1H3,(H,18,21). The fraction of sp³-hybridized carbons (Fsp3) is 0.471. The highest BCUT2D eigenvalue weighted by Gasteiger charge is 2.16. The van der Waals surface area contributed by atoms with Gasteiger partial charge in [0.15, 0.2) is 0 Å². The minimum Gasteiger partial charge on any atom is -0.349 e. The lowest BCUT2D eigenvalue weighted by atomic mass is 9.95. The molecule has 0 aliphatic heterocycles. The Morgan fingerprint density at radius 1 is 1.23 bits per heavy atom. The third-order valence-corrected chi connectivity index (χ3v) is 4.12. The van der Waals surface area contributed by atoms with E-state index in [-0.39, 0.29) is 5.91 Å². The Bertz CT molecular complexity index is 628. The molecule has 0 atom stereocenters. The minimum absolute atomic E-state index is 0.000749. The second kappa shape index (κ2) is 6.73. The highest BCUT2D eigenvalue weighted by molar-refractivity contribution is 5.94. The Morgan fingerprint density at radius 3 is 2.59 bits per heavy atom. The molecule has 1 amide bonds. The summed E-state index contributed by atoms with van der Waals surface area (Å²) < 4.78 is 5.11. The van der Waals surface area contributed by atoms with Crippen molar-refractivity contribution in [3.63, 3.8) is 0 Å². The molecule has 1 N–H and O–H groups in total. The molecular weight excluding hydrogens is 278 g/mol. The van der Waals surface area contributed by atoms with Crippen LogP contribution in [0.3, 0.4) is 0 Å². The summed E-state index contributed by atoms with van der Waals surface area (Å²) in [4.78, 5) is 16.5. The molecule has 1 saturated carbocycles. The van der Waals surface area contributed by atoms with Crippen molar-refractivity contribution in [3.8, 4) is 11.4 Å². The molecule has 0 saturated heterocycles. The van der Waals surface area contributed by atoms with Crippen molar-refractivity contribution >= 4 is 5.91 Å². The van der Waals surface area contributed by atoms with Gasteiger partial charge in [-0.25, -0.2) is 0 Å². The molecule has 1 aromatic heterocycles. The molecule has 1 fully saturated rings. The topological polar surface area (TPSA) is 68.0 Å². The molecule has 3 rings (SSSR count). The van der Waals surface area contributed by atoms with Crippen LogP contribution in [0.1, 0.15) is 55.3 Å². The van der Waals surface area contributed by atoms with E-state index < -0.39 is 0 Å². The summed E-state index contributed by atoms with van der Waals surface area (Å²) in [6.07, 6.45) is 6.60. The van der Waals surface area contributed by atoms with Crippen LogP contribution in [-0.4, -0.2) is 22.1 Å². The molecule has 5 heteroatoms. The number of benzene rings is 1. The Morgan fingerprint density at radius 2 is 1.95 bits per heavy atom. The zero-order chi connectivity index (χ0) is 15.4. The van der Waals surface area contributed by atoms with Crippen molar-refractivity contribution in [2.75, 3.05) is 0 Å². The molecule has 0 radical (unpaired) electrons. The maximum atomic E-state index is 12.3. The third-order valence-electron chi connectivity index (χ3n) is 4.12. The number of amides is 1. The van der Waals surface area contributed by atoms with E-state index in [2.05, 4.69) is 15.5 Å². The highest BCUT2D eigenvalue weighted by Crippen LogP contribution is 2.19. The van der Waals surface area contributed by atoms with Crippen LogP contribution in [-0.2, 0) is 6.42 Å². The normalized spacial score (nSPS) is 15.7. The molecule has 0 spiro atoms. The predicted molar refractivity (Wildman–Crippen MR) is 83.5 cm³/mol. The summed E-state index contributed by atoms with van der Waals surface area (Å²) in [6, 6.07) is 7.68.